The van der Waals surface area contributed by atoms with Gasteiger partial charge in [-0.15, -0.1) is 0 Å². The number of likely N-dealkylation sites (tertiary alicyclic amines) is 2. The maximum atomic E-state index is 10.6. The minimum Gasteiger partial charge on any atom is -0.493 e. The van der Waals surface area contributed by atoms with E-state index in [0.717, 1.165) is 40.4 Å². The first-order valence-electron chi connectivity index (χ1n) is 17.8. The number of carboxylic acid groups (broad SMARTS) is 3. The third-order valence-corrected chi connectivity index (χ3v) is 9.27. The number of carbonyl (C=O) groups is 3. The van der Waals surface area contributed by atoms with Crippen molar-refractivity contribution < 1.29 is 78.7 Å². The number of ether oxygens (including phenoxy) is 2. The molecule has 12 nitrogen and oxygen atoms in total. The minimum atomic E-state index is -5.08. The third-order valence-electron chi connectivity index (χ3n) is 9.27. The monoisotopic (exact) mass is 846 g/mol. The number of hydrogen-bond donors (Lipinski definition) is 3. The molecule has 0 atom stereocenters. The number of halogens is 9. The summed E-state index contributed by atoms with van der Waals surface area (Å²) < 4.78 is 108. The van der Waals surface area contributed by atoms with Gasteiger partial charge < -0.3 is 39.2 Å². The van der Waals surface area contributed by atoms with Gasteiger partial charge in [-0.3, -0.25) is 0 Å². The molecule has 2 aromatic carbocycles. The molecule has 58 heavy (non-hydrogen) atoms. The quantitative estimate of drug-likeness (QED) is 0.200. The predicted molar refractivity (Wildman–Crippen MR) is 193 cm³/mol. The Morgan fingerprint density at radius 2 is 1.22 bits per heavy atom. The third kappa shape index (κ3) is 14.5. The fourth-order valence-electron chi connectivity index (χ4n) is 6.53. The molecular formula is C37H47F9N4O8. The molecule has 0 unspecified atom stereocenters. The molecule has 0 bridgehead atoms. The molecule has 1 aromatic heterocycles. The van der Waals surface area contributed by atoms with E-state index in [1.807, 2.05) is 12.1 Å². The van der Waals surface area contributed by atoms with Crippen molar-refractivity contribution in [3.8, 4) is 22.9 Å². The minimum absolute atomic E-state index is 0.625. The summed E-state index contributed by atoms with van der Waals surface area (Å²) in [5.74, 6) is -4.47. The second-order valence-electron chi connectivity index (χ2n) is 13.9. The van der Waals surface area contributed by atoms with E-state index < -0.39 is 36.4 Å². The average Bonchev–Trinajstić information content (AvgIpc) is 3.47. The van der Waals surface area contributed by atoms with Gasteiger partial charge >= 0.3 is 36.4 Å². The Morgan fingerprint density at radius 1 is 0.759 bits per heavy atom. The Morgan fingerprint density at radius 3 is 1.64 bits per heavy atom. The molecule has 5 rings (SSSR count). The van der Waals surface area contributed by atoms with Crippen molar-refractivity contribution in [1.29, 1.82) is 0 Å². The van der Waals surface area contributed by atoms with E-state index in [1.54, 1.807) is 14.2 Å². The van der Waals surface area contributed by atoms with Gasteiger partial charge in [-0.1, -0.05) is 19.9 Å². The lowest BCUT2D eigenvalue weighted by atomic mass is 9.87. The maximum absolute atomic E-state index is 10.6. The molecule has 3 N–H and O–H groups in total. The lowest BCUT2D eigenvalue weighted by Gasteiger charge is -2.42. The Labute approximate surface area is 328 Å². The van der Waals surface area contributed by atoms with Gasteiger partial charge in [0.15, 0.2) is 11.5 Å². The van der Waals surface area contributed by atoms with Crippen LogP contribution in [0.2, 0.25) is 0 Å². The van der Waals surface area contributed by atoms with Crippen molar-refractivity contribution in [1.82, 2.24) is 19.4 Å². The van der Waals surface area contributed by atoms with Crippen LogP contribution in [0, 0.1) is 12.8 Å². The van der Waals surface area contributed by atoms with Crippen molar-refractivity contribution in [2.24, 2.45) is 13.0 Å². The van der Waals surface area contributed by atoms with Crippen LogP contribution in [0.5, 0.6) is 11.5 Å². The summed E-state index contributed by atoms with van der Waals surface area (Å²) in [6.07, 6.45) is -10.1. The van der Waals surface area contributed by atoms with Crippen LogP contribution in [0.1, 0.15) is 56.6 Å². The predicted octanol–water partition coefficient (Wildman–Crippen LogP) is 7.77. The number of rotatable bonds is 7. The first-order valence-corrected chi connectivity index (χ1v) is 17.8. The van der Waals surface area contributed by atoms with Gasteiger partial charge in [0.25, 0.3) is 0 Å². The van der Waals surface area contributed by atoms with Gasteiger partial charge in [0.2, 0.25) is 0 Å². The van der Waals surface area contributed by atoms with Crippen molar-refractivity contribution in [2.45, 2.75) is 76.9 Å². The van der Waals surface area contributed by atoms with Gasteiger partial charge in [-0.05, 0) is 106 Å². The topological polar surface area (TPSA) is 155 Å². The molecular weight excluding hydrogens is 799 g/mol. The number of aromatic nitrogens is 2. The SMILES string of the molecule is COc1ccc(-c2nc3c(C)cc(C4CCN(C5CCN(CC(C)C)CC5)CC4)cc3n2C)cc1OC.O=C(O)C(F)(F)F.O=C(O)C(F)(F)F.O=C(O)C(F)(F)F. The second kappa shape index (κ2) is 20.8. The number of piperidine rings is 2. The molecule has 3 heterocycles. The number of aliphatic carboxylic acids is 3. The van der Waals surface area contributed by atoms with Crippen molar-refractivity contribution in [3.05, 3.63) is 41.5 Å². The van der Waals surface area contributed by atoms with Crippen LogP contribution < -0.4 is 9.47 Å². The summed E-state index contributed by atoms with van der Waals surface area (Å²) in [5.41, 5.74) is 6.06. The molecule has 21 heteroatoms. The van der Waals surface area contributed by atoms with E-state index in [-0.39, 0.29) is 0 Å². The summed E-state index contributed by atoms with van der Waals surface area (Å²) in [6.45, 7) is 13.1. The van der Waals surface area contributed by atoms with E-state index in [9.17, 15) is 39.5 Å². The van der Waals surface area contributed by atoms with Gasteiger partial charge in [0.1, 0.15) is 5.82 Å². The number of imidazole rings is 1. The number of hydrogen-bond acceptors (Lipinski definition) is 8. The van der Waals surface area contributed by atoms with Gasteiger partial charge in [-0.25, -0.2) is 19.4 Å². The van der Waals surface area contributed by atoms with Crippen LogP contribution in [0.3, 0.4) is 0 Å². The van der Waals surface area contributed by atoms with Crippen LogP contribution in [0.25, 0.3) is 22.4 Å². The van der Waals surface area contributed by atoms with Gasteiger partial charge in [-0.2, -0.15) is 39.5 Å². The maximum Gasteiger partial charge on any atom is 0.490 e. The highest BCUT2D eigenvalue weighted by Gasteiger charge is 2.39. The first-order chi connectivity index (χ1) is 26.7. The van der Waals surface area contributed by atoms with Crippen molar-refractivity contribution >= 4 is 28.9 Å². The number of benzene rings is 2. The van der Waals surface area contributed by atoms with Gasteiger partial charge in [0.05, 0.1) is 25.3 Å². The summed E-state index contributed by atoms with van der Waals surface area (Å²) in [7, 11) is 5.46. The van der Waals surface area contributed by atoms with Gasteiger partial charge in [0, 0.05) is 25.2 Å². The average molecular weight is 847 g/mol. The first kappa shape index (κ1) is 49.4. The fourth-order valence-corrected chi connectivity index (χ4v) is 6.53. The van der Waals surface area contributed by atoms with Crippen LogP contribution in [-0.4, -0.2) is 124 Å². The van der Waals surface area contributed by atoms with Crippen molar-refractivity contribution in [3.63, 3.8) is 0 Å². The smallest absolute Gasteiger partial charge is 0.490 e. The van der Waals surface area contributed by atoms with Crippen molar-refractivity contribution in [2.75, 3.05) is 46.9 Å². The molecule has 0 amide bonds. The summed E-state index contributed by atoms with van der Waals surface area (Å²) >= 11 is 0. The molecule has 0 aliphatic carbocycles. The molecule has 0 spiro atoms. The number of aryl methyl sites for hydroxylation is 2. The highest BCUT2D eigenvalue weighted by molar-refractivity contribution is 5.84. The van der Waals surface area contributed by atoms with E-state index in [0.29, 0.717) is 5.92 Å². The molecule has 0 saturated carbocycles. The van der Waals surface area contributed by atoms with E-state index in [4.69, 9.17) is 44.2 Å². The zero-order chi connectivity index (χ0) is 44.3. The molecule has 2 aliphatic heterocycles. The Hall–Kier alpha value is -4.79. The Kier molecular flexibility index (Phi) is 17.7. The highest BCUT2D eigenvalue weighted by Crippen LogP contribution is 2.37. The lowest BCUT2D eigenvalue weighted by Crippen LogP contribution is -2.48. The largest absolute Gasteiger partial charge is 0.493 e. The van der Waals surface area contributed by atoms with E-state index in [1.165, 1.54) is 75.1 Å². The fraction of sp³-hybridized carbons (Fsp3) is 0.568. The van der Waals surface area contributed by atoms with E-state index >= 15 is 0 Å². The summed E-state index contributed by atoms with van der Waals surface area (Å²) in [5, 5.41) is 21.4. The normalized spacial score (nSPS) is 16.0. The Bertz CT molecular complexity index is 1770. The molecule has 2 fully saturated rings. The lowest BCUT2D eigenvalue weighted by molar-refractivity contribution is -0.193. The number of nitrogens with zero attached hydrogens (tertiary/aromatic N) is 4. The molecule has 0 radical (unpaired) electrons. The molecule has 2 aliphatic rings. The summed E-state index contributed by atoms with van der Waals surface area (Å²) in [6, 6.07) is 11.6. The molecule has 3 aromatic rings. The summed E-state index contributed by atoms with van der Waals surface area (Å²) in [4.78, 5) is 37.2. The number of carboxylic acids is 3. The Balaban J connectivity index is 0.000000453. The van der Waals surface area contributed by atoms with Crippen LogP contribution >= 0.6 is 0 Å². The number of fused-ring (bicyclic) bond motifs is 1. The zero-order valence-electron chi connectivity index (χ0n) is 32.6. The molecule has 2 saturated heterocycles. The molecule has 326 valence electrons. The number of alkyl halides is 9. The van der Waals surface area contributed by atoms with E-state index in [2.05, 4.69) is 60.4 Å². The van der Waals surface area contributed by atoms with Crippen LogP contribution in [-0.2, 0) is 21.4 Å². The second-order valence-corrected chi connectivity index (χ2v) is 13.9. The van der Waals surface area contributed by atoms with Crippen LogP contribution in [0.4, 0.5) is 39.5 Å². The zero-order valence-corrected chi connectivity index (χ0v) is 32.6. The highest BCUT2D eigenvalue weighted by atomic mass is 19.4. The standard InChI is InChI=1S/C31H44N4O2.3C2HF3O2/c1-21(2)20-34-13-11-26(12-14-34)35-15-9-23(10-16-35)25-17-22(3)30-27(18-25)33(4)31(32-30)24-7-8-28(36-5)29(19-24)37-6;3*3-2(4,5)1(6)7/h7-8,17-19,21,23,26H,9-16,20H2,1-6H3;3*(H,6,7). The number of methoxy groups -OCH3 is 2. The van der Waals surface area contributed by atoms with Crippen LogP contribution in [0.15, 0.2) is 30.3 Å².